The third-order valence-corrected chi connectivity index (χ3v) is 5.57. The van der Waals surface area contributed by atoms with E-state index in [1.54, 1.807) is 30.3 Å². The third kappa shape index (κ3) is 7.24. The summed E-state index contributed by atoms with van der Waals surface area (Å²) in [6.07, 6.45) is 1.22. The van der Waals surface area contributed by atoms with E-state index >= 15 is 0 Å². The van der Waals surface area contributed by atoms with Gasteiger partial charge in [0.2, 0.25) is 5.91 Å². The highest BCUT2D eigenvalue weighted by molar-refractivity contribution is 6.31. The summed E-state index contributed by atoms with van der Waals surface area (Å²) in [6.45, 7) is 7.56. The van der Waals surface area contributed by atoms with Gasteiger partial charge in [0.15, 0.2) is 6.61 Å². The molecule has 0 heterocycles. The van der Waals surface area contributed by atoms with Crippen molar-refractivity contribution in [2.45, 2.75) is 59.2 Å². The molecule has 2 unspecified atom stereocenters. The number of amides is 2. The van der Waals surface area contributed by atoms with E-state index in [2.05, 4.69) is 5.32 Å². The molecular weight excluding hydrogens is 419 g/mol. The first-order valence-corrected chi connectivity index (χ1v) is 10.9. The van der Waals surface area contributed by atoms with Crippen LogP contribution in [0.1, 0.15) is 44.7 Å². The third-order valence-electron chi connectivity index (χ3n) is 5.14. The van der Waals surface area contributed by atoms with Gasteiger partial charge in [-0.15, -0.1) is 0 Å². The first kappa shape index (κ1) is 24.7. The van der Waals surface area contributed by atoms with E-state index in [4.69, 9.17) is 16.3 Å². The first-order chi connectivity index (χ1) is 14.7. The Balaban J connectivity index is 2.21. The highest BCUT2D eigenvalue weighted by atomic mass is 35.5. The van der Waals surface area contributed by atoms with E-state index in [1.807, 2.05) is 27.7 Å². The van der Waals surface area contributed by atoms with Crippen molar-refractivity contribution >= 4 is 23.4 Å². The minimum absolute atomic E-state index is 0.00221. The van der Waals surface area contributed by atoms with Gasteiger partial charge in [0, 0.05) is 17.6 Å². The summed E-state index contributed by atoms with van der Waals surface area (Å²) in [6, 6.07) is 10.4. The fourth-order valence-corrected chi connectivity index (χ4v) is 3.20. The number of carbonyl (C=O) groups is 2. The number of carbonyl (C=O) groups excluding carboxylic acids is 2. The van der Waals surface area contributed by atoms with Crippen LogP contribution in [0.5, 0.6) is 5.75 Å². The number of aryl methyl sites for hydroxylation is 1. The van der Waals surface area contributed by atoms with Crippen LogP contribution in [-0.2, 0) is 16.1 Å². The maximum absolute atomic E-state index is 13.3. The minimum Gasteiger partial charge on any atom is -0.484 e. The zero-order valence-electron chi connectivity index (χ0n) is 18.5. The molecule has 0 aliphatic rings. The Morgan fingerprint density at radius 1 is 1.13 bits per heavy atom. The van der Waals surface area contributed by atoms with Gasteiger partial charge in [-0.05, 0) is 68.1 Å². The summed E-state index contributed by atoms with van der Waals surface area (Å²) in [4.78, 5) is 27.5. The molecule has 168 valence electrons. The van der Waals surface area contributed by atoms with Gasteiger partial charge in [0.05, 0.1) is 0 Å². The standard InChI is InChI=1S/C24H30ClFN2O3/c1-5-17(4)27-24(30)22(6-2)28(14-18-7-9-19(26)10-8-18)23(29)15-31-20-11-12-21(25)16(3)13-20/h7-13,17,22H,5-6,14-15H2,1-4H3,(H,27,30). The fraction of sp³-hybridized carbons (Fsp3) is 0.417. The van der Waals surface area contributed by atoms with Gasteiger partial charge < -0.3 is 15.0 Å². The van der Waals surface area contributed by atoms with Crippen LogP contribution in [0.4, 0.5) is 4.39 Å². The van der Waals surface area contributed by atoms with Crippen molar-refractivity contribution in [3.05, 3.63) is 64.4 Å². The van der Waals surface area contributed by atoms with Gasteiger partial charge in [0.1, 0.15) is 17.6 Å². The lowest BCUT2D eigenvalue weighted by Gasteiger charge is -2.31. The average Bonchev–Trinajstić information content (AvgIpc) is 2.75. The number of rotatable bonds is 10. The molecule has 5 nitrogen and oxygen atoms in total. The van der Waals surface area contributed by atoms with Crippen LogP contribution in [0.25, 0.3) is 0 Å². The predicted octanol–water partition coefficient (Wildman–Crippen LogP) is 4.89. The fourth-order valence-electron chi connectivity index (χ4n) is 3.08. The van der Waals surface area contributed by atoms with Gasteiger partial charge in [-0.25, -0.2) is 4.39 Å². The highest BCUT2D eigenvalue weighted by Crippen LogP contribution is 2.21. The average molecular weight is 449 g/mol. The Bertz CT molecular complexity index is 889. The molecule has 0 aliphatic carbocycles. The Hall–Kier alpha value is -2.60. The van der Waals surface area contributed by atoms with E-state index in [9.17, 15) is 14.0 Å². The summed E-state index contributed by atoms with van der Waals surface area (Å²) >= 11 is 6.04. The van der Waals surface area contributed by atoms with E-state index in [1.165, 1.54) is 17.0 Å². The molecule has 0 aromatic heterocycles. The van der Waals surface area contributed by atoms with Crippen LogP contribution < -0.4 is 10.1 Å². The lowest BCUT2D eigenvalue weighted by Crippen LogP contribution is -2.51. The van der Waals surface area contributed by atoms with Crippen LogP contribution in [-0.4, -0.2) is 35.4 Å². The van der Waals surface area contributed by atoms with E-state index in [0.29, 0.717) is 17.2 Å². The quantitative estimate of drug-likeness (QED) is 0.563. The second-order valence-electron chi connectivity index (χ2n) is 7.59. The maximum Gasteiger partial charge on any atom is 0.261 e. The molecule has 0 spiro atoms. The molecule has 0 saturated carbocycles. The SMILES string of the molecule is CCC(C)NC(=O)C(CC)N(Cc1ccc(F)cc1)C(=O)COc1ccc(Cl)c(C)c1. The maximum atomic E-state index is 13.3. The van der Waals surface area contributed by atoms with Crippen molar-refractivity contribution < 1.29 is 18.7 Å². The lowest BCUT2D eigenvalue weighted by atomic mass is 10.1. The molecule has 2 rings (SSSR count). The van der Waals surface area contributed by atoms with Crippen molar-refractivity contribution in [1.82, 2.24) is 10.2 Å². The summed E-state index contributed by atoms with van der Waals surface area (Å²) in [5.74, 6) is -0.378. The molecule has 0 saturated heterocycles. The topological polar surface area (TPSA) is 58.6 Å². The van der Waals surface area contributed by atoms with Gasteiger partial charge >= 0.3 is 0 Å². The lowest BCUT2D eigenvalue weighted by molar-refractivity contribution is -0.143. The molecular formula is C24H30ClFN2O3. The molecule has 1 N–H and O–H groups in total. The van der Waals surface area contributed by atoms with E-state index in [0.717, 1.165) is 17.5 Å². The molecule has 2 aromatic carbocycles. The number of halogens is 2. The minimum atomic E-state index is -0.665. The van der Waals surface area contributed by atoms with Crippen LogP contribution in [0, 0.1) is 12.7 Å². The Labute approximate surface area is 188 Å². The van der Waals surface area contributed by atoms with Crippen LogP contribution >= 0.6 is 11.6 Å². The molecule has 31 heavy (non-hydrogen) atoms. The van der Waals surface area contributed by atoms with E-state index < -0.39 is 6.04 Å². The van der Waals surface area contributed by atoms with Gasteiger partial charge in [-0.3, -0.25) is 9.59 Å². The van der Waals surface area contributed by atoms with Crippen molar-refractivity contribution in [3.63, 3.8) is 0 Å². The second-order valence-corrected chi connectivity index (χ2v) is 8.00. The molecule has 2 amide bonds. The monoisotopic (exact) mass is 448 g/mol. The normalized spacial score (nSPS) is 12.7. The molecule has 0 radical (unpaired) electrons. The summed E-state index contributed by atoms with van der Waals surface area (Å²) < 4.78 is 19.0. The second kappa shape index (κ2) is 11.7. The zero-order valence-corrected chi connectivity index (χ0v) is 19.2. The Morgan fingerprint density at radius 2 is 1.81 bits per heavy atom. The number of hydrogen-bond donors (Lipinski definition) is 1. The zero-order chi connectivity index (χ0) is 23.0. The number of hydrogen-bond acceptors (Lipinski definition) is 3. The number of nitrogens with one attached hydrogen (secondary N) is 1. The predicted molar refractivity (Wildman–Crippen MR) is 121 cm³/mol. The molecule has 2 atom stereocenters. The Kier molecular flexibility index (Phi) is 9.31. The molecule has 7 heteroatoms. The van der Waals surface area contributed by atoms with Crippen LogP contribution in [0.15, 0.2) is 42.5 Å². The van der Waals surface area contributed by atoms with Crippen molar-refractivity contribution in [2.24, 2.45) is 0 Å². The smallest absolute Gasteiger partial charge is 0.261 e. The van der Waals surface area contributed by atoms with Crippen LogP contribution in [0.2, 0.25) is 5.02 Å². The van der Waals surface area contributed by atoms with Gasteiger partial charge in [-0.2, -0.15) is 0 Å². The van der Waals surface area contributed by atoms with Crippen molar-refractivity contribution in [2.75, 3.05) is 6.61 Å². The van der Waals surface area contributed by atoms with Crippen molar-refractivity contribution in [3.8, 4) is 5.75 Å². The molecule has 2 aromatic rings. The molecule has 0 aliphatic heterocycles. The first-order valence-electron chi connectivity index (χ1n) is 10.5. The van der Waals surface area contributed by atoms with Crippen molar-refractivity contribution in [1.29, 1.82) is 0 Å². The molecule has 0 bridgehead atoms. The van der Waals surface area contributed by atoms with Gasteiger partial charge in [-0.1, -0.05) is 37.6 Å². The number of nitrogens with zero attached hydrogens (tertiary/aromatic N) is 1. The number of ether oxygens (including phenoxy) is 1. The Morgan fingerprint density at radius 3 is 2.39 bits per heavy atom. The van der Waals surface area contributed by atoms with E-state index in [-0.39, 0.29) is 36.8 Å². The number of benzene rings is 2. The molecule has 0 fully saturated rings. The summed E-state index contributed by atoms with van der Waals surface area (Å²) in [7, 11) is 0. The van der Waals surface area contributed by atoms with Gasteiger partial charge in [0.25, 0.3) is 5.91 Å². The summed E-state index contributed by atoms with van der Waals surface area (Å²) in [5.41, 5.74) is 1.57. The largest absolute Gasteiger partial charge is 0.484 e. The highest BCUT2D eigenvalue weighted by Gasteiger charge is 2.29. The van der Waals surface area contributed by atoms with Crippen LogP contribution in [0.3, 0.4) is 0 Å². The summed E-state index contributed by atoms with van der Waals surface area (Å²) in [5, 5.41) is 3.57.